The summed E-state index contributed by atoms with van der Waals surface area (Å²) in [7, 11) is 0. The Kier molecular flexibility index (Phi) is 12.2. The second kappa shape index (κ2) is 18.5. The van der Waals surface area contributed by atoms with Gasteiger partial charge < -0.3 is 16.6 Å². The summed E-state index contributed by atoms with van der Waals surface area (Å²) in [6.07, 6.45) is 3.83. The molecule has 0 aromatic heterocycles. The average molecular weight is 984 g/mol. The molecule has 11 rings (SSSR count). The molecule has 306 valence electrons. The minimum absolute atomic E-state index is 0. The topological polar surface area (TPSA) is 54.2 Å². The van der Waals surface area contributed by atoms with Crippen molar-refractivity contribution in [2.75, 3.05) is 0 Å². The number of benzene rings is 9. The Morgan fingerprint density at radius 3 is 1.75 bits per heavy atom. The molecule has 0 amide bonds. The first kappa shape index (κ1) is 41.8. The molecular weight excluding hydrogens is 935 g/mol. The quantitative estimate of drug-likeness (QED) is 0.114. The third-order valence-corrected chi connectivity index (χ3v) is 13.0. The van der Waals surface area contributed by atoms with E-state index in [1.54, 1.807) is 0 Å². The number of hydrogen-bond donors (Lipinski definition) is 1. The van der Waals surface area contributed by atoms with E-state index in [1.165, 1.54) is 91.2 Å². The number of rotatable bonds is 9. The summed E-state index contributed by atoms with van der Waals surface area (Å²) in [6.45, 7) is 3.04. The van der Waals surface area contributed by atoms with E-state index in [-0.39, 0.29) is 21.1 Å². The maximum Gasteiger partial charge on any atom is 2.00 e. The van der Waals surface area contributed by atoms with Crippen molar-refractivity contribution >= 4 is 22.1 Å². The fourth-order valence-electron chi connectivity index (χ4n) is 9.77. The number of hydrogen-bond acceptors (Lipinski definition) is 1. The largest absolute Gasteiger partial charge is 2.00 e. The van der Waals surface area contributed by atoms with Crippen molar-refractivity contribution in [2.24, 2.45) is 5.84 Å². The Labute approximate surface area is 386 Å². The standard InChI is InChI=1S/C46H37N2.C13H12N.W/c1-30-11-2-6-21-42(30)46(43-22-7-5-20-39(43)31-14-8-15-31)44-24-23-37(28-40(44)41-27-35-12-3-4-13-36(35)29-45(41)46)33-17-9-16-32(25-33)34-18-10-19-38(26-34)48-47;1-3-7-12(8-4-1)11-14-13-9-5-2-6-10-13;/h2-7,9-13,16-29,31H,8,14-15,47H2,1H3;1-10H,11H2;/q2*-1;+2. The van der Waals surface area contributed by atoms with Gasteiger partial charge in [-0.15, -0.1) is 17.9 Å². The van der Waals surface area contributed by atoms with E-state index in [0.717, 1.165) is 29.0 Å². The second-order valence-corrected chi connectivity index (χ2v) is 16.7. The van der Waals surface area contributed by atoms with Crippen LogP contribution in [0.2, 0.25) is 0 Å². The molecule has 9 aromatic rings. The van der Waals surface area contributed by atoms with E-state index in [1.807, 2.05) is 66.7 Å². The van der Waals surface area contributed by atoms with Crippen LogP contribution in [-0.4, -0.2) is 0 Å². The second-order valence-electron chi connectivity index (χ2n) is 16.7. The van der Waals surface area contributed by atoms with Crippen LogP contribution in [0.4, 0.5) is 11.4 Å². The first-order valence-corrected chi connectivity index (χ1v) is 21.8. The molecule has 0 aliphatic heterocycles. The molecule has 0 saturated heterocycles. The zero-order valence-electron chi connectivity index (χ0n) is 35.5. The zero-order chi connectivity index (χ0) is 41.9. The zero-order valence-corrected chi connectivity index (χ0v) is 38.4. The molecule has 1 unspecified atom stereocenters. The SMILES string of the molecule is Cc1ccccc1C1(c2ccccc2C2CCC2)c2ccc(-c3cccc(-c4cccc([N-]N)c4)c3)cc2-c2cc3ccccc3cc21.[W+2].c1ccc(C[N-]c2ccccc2)cc1. The van der Waals surface area contributed by atoms with Crippen molar-refractivity contribution in [1.29, 1.82) is 0 Å². The molecule has 63 heavy (non-hydrogen) atoms. The van der Waals surface area contributed by atoms with Crippen LogP contribution in [0.1, 0.15) is 64.1 Å². The first-order valence-electron chi connectivity index (χ1n) is 21.8. The first-order chi connectivity index (χ1) is 30.6. The molecule has 1 atom stereocenters. The smallest absolute Gasteiger partial charge is 0.681 e. The normalized spacial score (nSPS) is 14.9. The van der Waals surface area contributed by atoms with Crippen LogP contribution >= 0.6 is 0 Å². The van der Waals surface area contributed by atoms with Gasteiger partial charge in [0.25, 0.3) is 0 Å². The maximum atomic E-state index is 5.62. The molecular formula is C59H49N3W. The van der Waals surface area contributed by atoms with E-state index in [9.17, 15) is 0 Å². The minimum Gasteiger partial charge on any atom is -0.681 e. The monoisotopic (exact) mass is 983 g/mol. The molecule has 0 bridgehead atoms. The Hall–Kier alpha value is -6.51. The molecule has 9 aromatic carbocycles. The van der Waals surface area contributed by atoms with Gasteiger partial charge in [0.2, 0.25) is 0 Å². The Balaban J connectivity index is 0.000000287. The van der Waals surface area contributed by atoms with Crippen LogP contribution in [-0.2, 0) is 33.0 Å². The number of para-hydroxylation sites is 1. The third-order valence-electron chi connectivity index (χ3n) is 13.0. The molecule has 2 N–H and O–H groups in total. The molecule has 2 aliphatic rings. The van der Waals surface area contributed by atoms with E-state index >= 15 is 0 Å². The summed E-state index contributed by atoms with van der Waals surface area (Å²) < 4.78 is 0. The molecule has 4 heteroatoms. The Bertz CT molecular complexity index is 2970. The van der Waals surface area contributed by atoms with Gasteiger partial charge in [0, 0.05) is 0 Å². The summed E-state index contributed by atoms with van der Waals surface area (Å²) in [4.78, 5) is 0. The van der Waals surface area contributed by atoms with E-state index in [0.29, 0.717) is 5.92 Å². The van der Waals surface area contributed by atoms with Crippen molar-refractivity contribution < 1.29 is 21.1 Å². The number of nitrogens with two attached hydrogens (primary N) is 1. The van der Waals surface area contributed by atoms with Crippen LogP contribution in [0.15, 0.2) is 212 Å². The predicted molar refractivity (Wildman–Crippen MR) is 260 cm³/mol. The fraction of sp³-hybridized carbons (Fsp3) is 0.119. The summed E-state index contributed by atoms with van der Waals surface area (Å²) in [5.74, 6) is 6.22. The number of aryl methyl sites for hydroxylation is 1. The number of nitrogens with zero attached hydrogens (tertiary/aromatic N) is 2. The van der Waals surface area contributed by atoms with E-state index in [4.69, 9.17) is 5.84 Å². The van der Waals surface area contributed by atoms with Crippen LogP contribution in [0, 0.1) is 6.92 Å². The van der Waals surface area contributed by atoms with Crippen molar-refractivity contribution in [3.63, 3.8) is 0 Å². The van der Waals surface area contributed by atoms with Gasteiger partial charge in [0.15, 0.2) is 0 Å². The van der Waals surface area contributed by atoms with Gasteiger partial charge >= 0.3 is 21.1 Å². The van der Waals surface area contributed by atoms with Crippen LogP contribution in [0.5, 0.6) is 0 Å². The molecule has 0 radical (unpaired) electrons. The van der Waals surface area contributed by atoms with Crippen LogP contribution < -0.4 is 5.84 Å². The fourth-order valence-corrected chi connectivity index (χ4v) is 9.77. The number of fused-ring (bicyclic) bond motifs is 4. The van der Waals surface area contributed by atoms with Crippen molar-refractivity contribution in [3.05, 3.63) is 262 Å². The molecule has 1 saturated carbocycles. The summed E-state index contributed by atoms with van der Waals surface area (Å²) in [5.41, 5.74) is 22.2. The minimum atomic E-state index is -0.432. The van der Waals surface area contributed by atoms with Gasteiger partial charge in [-0.2, -0.15) is 0 Å². The molecule has 2 aliphatic carbocycles. The molecule has 0 heterocycles. The van der Waals surface area contributed by atoms with Gasteiger partial charge in [0.1, 0.15) is 0 Å². The van der Waals surface area contributed by atoms with Crippen molar-refractivity contribution in [3.8, 4) is 33.4 Å². The predicted octanol–water partition coefficient (Wildman–Crippen LogP) is 15.9. The summed E-state index contributed by atoms with van der Waals surface area (Å²) in [6, 6.07) is 76.6. The summed E-state index contributed by atoms with van der Waals surface area (Å²) in [5, 5.41) is 7.03. The van der Waals surface area contributed by atoms with Crippen LogP contribution in [0.25, 0.3) is 54.9 Å². The molecule has 1 fully saturated rings. The van der Waals surface area contributed by atoms with Gasteiger partial charge in [-0.25, -0.2) is 0 Å². The maximum absolute atomic E-state index is 5.62. The van der Waals surface area contributed by atoms with Gasteiger partial charge in [-0.05, 0) is 127 Å². The third kappa shape index (κ3) is 8.04. The van der Waals surface area contributed by atoms with Gasteiger partial charge in [-0.3, -0.25) is 0 Å². The average Bonchev–Trinajstić information content (AvgIpc) is 3.59. The van der Waals surface area contributed by atoms with E-state index in [2.05, 4.69) is 163 Å². The van der Waals surface area contributed by atoms with Crippen molar-refractivity contribution in [1.82, 2.24) is 0 Å². The van der Waals surface area contributed by atoms with Gasteiger partial charge in [0.05, 0.1) is 5.41 Å². The summed E-state index contributed by atoms with van der Waals surface area (Å²) >= 11 is 0. The Morgan fingerprint density at radius 2 is 1.05 bits per heavy atom. The van der Waals surface area contributed by atoms with E-state index < -0.39 is 5.41 Å². The Morgan fingerprint density at radius 1 is 0.476 bits per heavy atom. The molecule has 0 spiro atoms. The van der Waals surface area contributed by atoms with Crippen LogP contribution in [0.3, 0.4) is 0 Å². The van der Waals surface area contributed by atoms with Gasteiger partial charge in [-0.1, -0.05) is 200 Å². The van der Waals surface area contributed by atoms with Crippen molar-refractivity contribution in [2.45, 2.75) is 44.1 Å². The molecule has 3 nitrogen and oxygen atoms in total.